The van der Waals surface area contributed by atoms with Crippen molar-refractivity contribution in [2.45, 2.75) is 53.2 Å². The number of halogens is 1. The molecule has 1 aliphatic heterocycles. The van der Waals surface area contributed by atoms with E-state index in [1.165, 1.54) is 17.4 Å². The Bertz CT molecular complexity index is 1250. The number of benzene rings is 1. The first kappa shape index (κ1) is 30.0. The molecule has 1 unspecified atom stereocenters. The second-order valence-corrected chi connectivity index (χ2v) is 12.4. The van der Waals surface area contributed by atoms with Gasteiger partial charge in [-0.05, 0) is 61.6 Å². The summed E-state index contributed by atoms with van der Waals surface area (Å²) in [5, 5.41) is 11.5. The first-order valence-electron chi connectivity index (χ1n) is 14.1. The van der Waals surface area contributed by atoms with Crippen LogP contribution in [0.2, 0.25) is 0 Å². The average molecular weight is 602 g/mol. The van der Waals surface area contributed by atoms with Crippen LogP contribution in [0.25, 0.3) is 22.2 Å². The first-order valence-corrected chi connectivity index (χ1v) is 14.9. The molecule has 1 fully saturated rings. The minimum absolute atomic E-state index is 0.104. The number of anilines is 1. The Morgan fingerprint density at radius 1 is 1.10 bits per heavy atom. The van der Waals surface area contributed by atoms with Gasteiger partial charge < -0.3 is 24.0 Å². The van der Waals surface area contributed by atoms with Crippen LogP contribution in [0, 0.1) is 5.41 Å². The lowest BCUT2D eigenvalue weighted by atomic mass is 9.84. The van der Waals surface area contributed by atoms with Crippen molar-refractivity contribution in [2.75, 3.05) is 65.1 Å². The van der Waals surface area contributed by atoms with E-state index in [-0.39, 0.29) is 18.1 Å². The molecule has 3 aromatic rings. The number of hydrogen-bond donors (Lipinski definition) is 1. The van der Waals surface area contributed by atoms with Gasteiger partial charge in [0.25, 0.3) is 0 Å². The predicted molar refractivity (Wildman–Crippen MR) is 164 cm³/mol. The highest BCUT2D eigenvalue weighted by atomic mass is 79.9. The molecule has 0 amide bonds. The van der Waals surface area contributed by atoms with Crippen molar-refractivity contribution >= 4 is 32.5 Å². The van der Waals surface area contributed by atoms with Crippen molar-refractivity contribution in [3.63, 3.8) is 0 Å². The summed E-state index contributed by atoms with van der Waals surface area (Å²) in [6.45, 7) is 15.2. The van der Waals surface area contributed by atoms with Crippen molar-refractivity contribution in [1.29, 1.82) is 0 Å². The summed E-state index contributed by atoms with van der Waals surface area (Å²) in [5.41, 5.74) is 6.39. The summed E-state index contributed by atoms with van der Waals surface area (Å²) in [5.74, 6) is 0. The van der Waals surface area contributed by atoms with Crippen molar-refractivity contribution in [3.05, 3.63) is 46.2 Å². The average Bonchev–Trinajstić information content (AvgIpc) is 3.22. The van der Waals surface area contributed by atoms with Gasteiger partial charge in [0.1, 0.15) is 0 Å². The smallest absolute Gasteiger partial charge is 0.0969 e. The van der Waals surface area contributed by atoms with Crippen molar-refractivity contribution in [3.8, 4) is 11.3 Å². The minimum atomic E-state index is -0.287. The highest BCUT2D eigenvalue weighted by Gasteiger charge is 2.29. The van der Waals surface area contributed by atoms with Gasteiger partial charge >= 0.3 is 0 Å². The fourth-order valence-electron chi connectivity index (χ4n) is 5.64. The zero-order valence-corrected chi connectivity index (χ0v) is 26.1. The number of piperazine rings is 1. The van der Waals surface area contributed by atoms with Crippen LogP contribution in [0.15, 0.2) is 34.9 Å². The molecule has 1 aliphatic rings. The molecule has 8 heteroatoms. The van der Waals surface area contributed by atoms with Gasteiger partial charge in [-0.15, -0.1) is 0 Å². The molecule has 1 saturated heterocycles. The Morgan fingerprint density at radius 2 is 1.85 bits per heavy atom. The number of aliphatic hydroxyl groups excluding tert-OH is 1. The number of ether oxygens (including phenoxy) is 2. The molecule has 0 radical (unpaired) electrons. The number of methoxy groups -OCH3 is 2. The molecule has 1 aromatic carbocycles. The third-order valence-corrected chi connectivity index (χ3v) is 8.40. The molecule has 0 bridgehead atoms. The molecule has 2 aromatic heterocycles. The van der Waals surface area contributed by atoms with E-state index in [1.54, 1.807) is 14.2 Å². The van der Waals surface area contributed by atoms with Gasteiger partial charge in [0.05, 0.1) is 36.0 Å². The van der Waals surface area contributed by atoms with Crippen LogP contribution < -0.4 is 4.90 Å². The molecule has 7 nitrogen and oxygen atoms in total. The summed E-state index contributed by atoms with van der Waals surface area (Å²) in [7, 11) is 3.49. The maximum atomic E-state index is 10.3. The second-order valence-electron chi connectivity index (χ2n) is 11.5. The molecular weight excluding hydrogens is 556 g/mol. The molecule has 1 N–H and O–H groups in total. The lowest BCUT2D eigenvalue weighted by Gasteiger charge is -2.36. The number of nitrogens with zero attached hydrogens (tertiary/aromatic N) is 4. The van der Waals surface area contributed by atoms with Gasteiger partial charge in [0.2, 0.25) is 0 Å². The molecule has 3 heterocycles. The summed E-state index contributed by atoms with van der Waals surface area (Å²) in [6, 6.07) is 8.79. The highest BCUT2D eigenvalue weighted by Crippen LogP contribution is 2.42. The summed E-state index contributed by atoms with van der Waals surface area (Å²) >= 11 is 3.71. The highest BCUT2D eigenvalue weighted by molar-refractivity contribution is 9.10. The Balaban J connectivity index is 1.94. The monoisotopic (exact) mass is 600 g/mol. The van der Waals surface area contributed by atoms with E-state index in [0.717, 1.165) is 71.8 Å². The van der Waals surface area contributed by atoms with Gasteiger partial charge in [-0.1, -0.05) is 36.7 Å². The standard InChI is InChI=1S/C31H45BrN4O3/c1-7-10-34-11-13-35(14-12-34)24-18-26(29(33-20-24)22(2)39-6)30-27(19-31(3,4)21-37)25-17-23(32)8-9-28(25)36(30)15-16-38-5/h8-9,17-18,20,22,37H,7,10-16,19,21H2,1-6H3. The summed E-state index contributed by atoms with van der Waals surface area (Å²) in [4.78, 5) is 10.0. The van der Waals surface area contributed by atoms with E-state index < -0.39 is 0 Å². The van der Waals surface area contributed by atoms with Gasteiger partial charge in [0.15, 0.2) is 0 Å². The van der Waals surface area contributed by atoms with Gasteiger partial charge in [-0.2, -0.15) is 0 Å². The van der Waals surface area contributed by atoms with E-state index in [4.69, 9.17) is 14.5 Å². The zero-order chi connectivity index (χ0) is 28.2. The Hall–Kier alpha value is -1.97. The Kier molecular flexibility index (Phi) is 10.1. The quantitative estimate of drug-likeness (QED) is 0.279. The van der Waals surface area contributed by atoms with Crippen LogP contribution in [-0.2, 0) is 22.4 Å². The van der Waals surface area contributed by atoms with Gasteiger partial charge in [-0.25, -0.2) is 0 Å². The fraction of sp³-hybridized carbons (Fsp3) is 0.581. The fourth-order valence-corrected chi connectivity index (χ4v) is 6.00. The number of rotatable bonds is 12. The lowest BCUT2D eigenvalue weighted by molar-refractivity contribution is 0.116. The summed E-state index contributed by atoms with van der Waals surface area (Å²) < 4.78 is 14.8. The minimum Gasteiger partial charge on any atom is -0.396 e. The Morgan fingerprint density at radius 3 is 2.49 bits per heavy atom. The van der Waals surface area contributed by atoms with E-state index in [9.17, 15) is 5.11 Å². The number of hydrogen-bond acceptors (Lipinski definition) is 6. The van der Waals surface area contributed by atoms with Crippen molar-refractivity contribution < 1.29 is 14.6 Å². The van der Waals surface area contributed by atoms with Gasteiger partial charge in [0, 0.05) is 74.5 Å². The molecular formula is C31H45BrN4O3. The van der Waals surface area contributed by atoms with Crippen molar-refractivity contribution in [2.24, 2.45) is 5.41 Å². The number of aromatic nitrogens is 2. The maximum Gasteiger partial charge on any atom is 0.0969 e. The number of aliphatic hydroxyl groups is 1. The van der Waals surface area contributed by atoms with E-state index in [2.05, 4.69) is 82.3 Å². The molecule has 0 aliphatic carbocycles. The second kappa shape index (κ2) is 13.1. The molecule has 214 valence electrons. The van der Waals surface area contributed by atoms with Crippen LogP contribution in [-0.4, -0.2) is 79.7 Å². The predicted octanol–water partition coefficient (Wildman–Crippen LogP) is 5.91. The van der Waals surface area contributed by atoms with E-state index >= 15 is 0 Å². The Labute approximate surface area is 242 Å². The third kappa shape index (κ3) is 6.68. The first-order chi connectivity index (χ1) is 18.7. The van der Waals surface area contributed by atoms with E-state index in [0.29, 0.717) is 13.2 Å². The maximum absolute atomic E-state index is 10.3. The molecule has 0 spiro atoms. The summed E-state index contributed by atoms with van der Waals surface area (Å²) in [6.07, 6.45) is 3.76. The largest absolute Gasteiger partial charge is 0.396 e. The molecule has 0 saturated carbocycles. The SMILES string of the molecule is CCCN1CCN(c2cnc(C(C)OC)c(-c3c(CC(C)(C)CO)c4cc(Br)ccc4n3CCOC)c2)CC1. The van der Waals surface area contributed by atoms with Crippen LogP contribution in [0.3, 0.4) is 0 Å². The molecule has 1 atom stereocenters. The number of pyridine rings is 1. The molecule has 39 heavy (non-hydrogen) atoms. The zero-order valence-electron chi connectivity index (χ0n) is 24.5. The van der Waals surface area contributed by atoms with Crippen molar-refractivity contribution in [1.82, 2.24) is 14.5 Å². The van der Waals surface area contributed by atoms with Crippen LogP contribution in [0.5, 0.6) is 0 Å². The van der Waals surface area contributed by atoms with Gasteiger partial charge in [-0.3, -0.25) is 9.88 Å². The topological polar surface area (TPSA) is 63.0 Å². The van der Waals surface area contributed by atoms with Crippen LogP contribution >= 0.6 is 15.9 Å². The molecule has 4 rings (SSSR count). The normalized spacial score (nSPS) is 15.8. The van der Waals surface area contributed by atoms with Crippen LogP contribution in [0.4, 0.5) is 5.69 Å². The van der Waals surface area contributed by atoms with Crippen LogP contribution in [0.1, 0.15) is 51.5 Å². The third-order valence-electron chi connectivity index (χ3n) is 7.91. The number of fused-ring (bicyclic) bond motifs is 1. The van der Waals surface area contributed by atoms with E-state index in [1.807, 2.05) is 6.20 Å². The lowest BCUT2D eigenvalue weighted by Crippen LogP contribution is -2.46.